The topological polar surface area (TPSA) is 56.5 Å². The molecule has 0 spiro atoms. The first-order chi connectivity index (χ1) is 9.24. The molecule has 1 aromatic carbocycles. The summed E-state index contributed by atoms with van der Waals surface area (Å²) in [7, 11) is 3.24. The summed E-state index contributed by atoms with van der Waals surface area (Å²) in [6.45, 7) is 1.31. The van der Waals surface area contributed by atoms with Gasteiger partial charge in [0, 0.05) is 17.1 Å². The summed E-state index contributed by atoms with van der Waals surface area (Å²) >= 11 is 3.52. The van der Waals surface area contributed by atoms with Crippen LogP contribution in [0.2, 0.25) is 0 Å². The second kappa shape index (κ2) is 6.58. The molecule has 102 valence electrons. The highest BCUT2D eigenvalue weighted by Gasteiger charge is 2.09. The van der Waals surface area contributed by atoms with Crippen LogP contribution in [0.25, 0.3) is 0 Å². The number of benzene rings is 1. The molecule has 0 atom stereocenters. The zero-order valence-corrected chi connectivity index (χ0v) is 12.4. The van der Waals surface area contributed by atoms with Crippen LogP contribution in [-0.2, 0) is 13.1 Å². The highest BCUT2D eigenvalue weighted by Crippen LogP contribution is 2.33. The molecular formula is C13H15BrN2O3. The molecule has 0 aliphatic rings. The molecule has 1 N–H and O–H groups in total. The number of methoxy groups -OCH3 is 2. The van der Waals surface area contributed by atoms with Gasteiger partial charge in [0.2, 0.25) is 0 Å². The van der Waals surface area contributed by atoms with Crippen LogP contribution in [0, 0.1) is 0 Å². The van der Waals surface area contributed by atoms with E-state index in [1.807, 2.05) is 18.2 Å². The zero-order valence-electron chi connectivity index (χ0n) is 10.8. The Hall–Kier alpha value is -1.53. The minimum absolute atomic E-state index is 0.626. The fourth-order valence-corrected chi connectivity index (χ4v) is 2.15. The Morgan fingerprint density at radius 2 is 1.95 bits per heavy atom. The predicted molar refractivity (Wildman–Crippen MR) is 74.3 cm³/mol. The lowest BCUT2D eigenvalue weighted by Gasteiger charge is -2.12. The van der Waals surface area contributed by atoms with Crippen LogP contribution in [0.4, 0.5) is 0 Å². The largest absolute Gasteiger partial charge is 0.493 e. The summed E-state index contributed by atoms with van der Waals surface area (Å²) in [6.07, 6.45) is 1.63. The van der Waals surface area contributed by atoms with Gasteiger partial charge in [-0.15, -0.1) is 0 Å². The highest BCUT2D eigenvalue weighted by molar-refractivity contribution is 9.10. The summed E-state index contributed by atoms with van der Waals surface area (Å²) in [5.41, 5.74) is 1.08. The molecule has 0 bridgehead atoms. The van der Waals surface area contributed by atoms with Gasteiger partial charge in [0.1, 0.15) is 5.76 Å². The van der Waals surface area contributed by atoms with Gasteiger partial charge < -0.3 is 19.3 Å². The standard InChI is InChI=1S/C13H15BrN2O3/c1-17-12-5-9(11(14)6-13(12)18-2)7-15-8-10-3-4-16-19-10/h3-6,15H,7-8H2,1-2H3. The van der Waals surface area contributed by atoms with Crippen molar-refractivity contribution in [3.8, 4) is 11.5 Å². The van der Waals surface area contributed by atoms with E-state index >= 15 is 0 Å². The minimum atomic E-state index is 0.626. The van der Waals surface area contributed by atoms with Crippen molar-refractivity contribution in [2.75, 3.05) is 14.2 Å². The van der Waals surface area contributed by atoms with Gasteiger partial charge in [0.25, 0.3) is 0 Å². The molecule has 0 unspecified atom stereocenters. The molecule has 2 rings (SSSR count). The van der Waals surface area contributed by atoms with Gasteiger partial charge in [0.15, 0.2) is 11.5 Å². The van der Waals surface area contributed by atoms with Crippen LogP contribution < -0.4 is 14.8 Å². The zero-order chi connectivity index (χ0) is 13.7. The molecular weight excluding hydrogens is 312 g/mol. The van der Waals surface area contributed by atoms with Gasteiger partial charge in [-0.05, 0) is 17.7 Å². The van der Waals surface area contributed by atoms with Crippen molar-refractivity contribution in [1.29, 1.82) is 0 Å². The van der Waals surface area contributed by atoms with Gasteiger partial charge >= 0.3 is 0 Å². The van der Waals surface area contributed by atoms with Crippen LogP contribution in [0.15, 0.2) is 33.4 Å². The first-order valence-electron chi connectivity index (χ1n) is 5.75. The Morgan fingerprint density at radius 3 is 2.58 bits per heavy atom. The summed E-state index contributed by atoms with van der Waals surface area (Å²) in [5.74, 6) is 2.21. The summed E-state index contributed by atoms with van der Waals surface area (Å²) < 4.78 is 16.5. The molecule has 0 fully saturated rings. The van der Waals surface area contributed by atoms with Crippen molar-refractivity contribution in [3.63, 3.8) is 0 Å². The minimum Gasteiger partial charge on any atom is -0.493 e. The fraction of sp³-hybridized carbons (Fsp3) is 0.308. The third-order valence-corrected chi connectivity index (χ3v) is 3.40. The molecule has 0 aliphatic carbocycles. The average molecular weight is 327 g/mol. The van der Waals surface area contributed by atoms with Crippen molar-refractivity contribution in [3.05, 3.63) is 40.2 Å². The Bertz CT molecular complexity index is 529. The van der Waals surface area contributed by atoms with E-state index in [0.717, 1.165) is 15.8 Å². The molecule has 1 heterocycles. The van der Waals surface area contributed by atoms with Crippen molar-refractivity contribution in [2.24, 2.45) is 0 Å². The number of rotatable bonds is 6. The number of aromatic nitrogens is 1. The van der Waals surface area contributed by atoms with Crippen molar-refractivity contribution in [1.82, 2.24) is 10.5 Å². The second-order valence-electron chi connectivity index (χ2n) is 3.88. The number of nitrogens with one attached hydrogen (secondary N) is 1. The Balaban J connectivity index is 2.03. The summed E-state index contributed by atoms with van der Waals surface area (Å²) in [5, 5.41) is 6.93. The third kappa shape index (κ3) is 3.48. The van der Waals surface area contributed by atoms with Gasteiger partial charge in [-0.3, -0.25) is 0 Å². The van der Waals surface area contributed by atoms with Crippen molar-refractivity contribution < 1.29 is 14.0 Å². The molecule has 1 aromatic heterocycles. The Labute approximate surface area is 120 Å². The first kappa shape index (κ1) is 13.9. The summed E-state index contributed by atoms with van der Waals surface area (Å²) in [6, 6.07) is 5.66. The van der Waals surface area contributed by atoms with Crippen molar-refractivity contribution >= 4 is 15.9 Å². The number of nitrogens with zero attached hydrogens (tertiary/aromatic N) is 1. The Kier molecular flexibility index (Phi) is 4.81. The van der Waals surface area contributed by atoms with E-state index in [9.17, 15) is 0 Å². The third-order valence-electron chi connectivity index (χ3n) is 2.66. The quantitative estimate of drug-likeness (QED) is 0.884. The lowest BCUT2D eigenvalue weighted by atomic mass is 10.2. The van der Waals surface area contributed by atoms with E-state index in [1.165, 1.54) is 0 Å². The van der Waals surface area contributed by atoms with E-state index in [2.05, 4.69) is 26.4 Å². The van der Waals surface area contributed by atoms with E-state index in [1.54, 1.807) is 20.4 Å². The van der Waals surface area contributed by atoms with Crippen LogP contribution in [0.5, 0.6) is 11.5 Å². The van der Waals surface area contributed by atoms with Crippen LogP contribution in [0.3, 0.4) is 0 Å². The lowest BCUT2D eigenvalue weighted by molar-refractivity contribution is 0.353. The first-order valence-corrected chi connectivity index (χ1v) is 6.54. The highest BCUT2D eigenvalue weighted by atomic mass is 79.9. The average Bonchev–Trinajstić information content (AvgIpc) is 2.93. The van der Waals surface area contributed by atoms with Crippen molar-refractivity contribution in [2.45, 2.75) is 13.1 Å². The monoisotopic (exact) mass is 326 g/mol. The second-order valence-corrected chi connectivity index (χ2v) is 4.74. The van der Waals surface area contributed by atoms with Gasteiger partial charge in [-0.1, -0.05) is 21.1 Å². The molecule has 2 aromatic rings. The smallest absolute Gasteiger partial charge is 0.161 e. The van der Waals surface area contributed by atoms with E-state index in [-0.39, 0.29) is 0 Å². The Morgan fingerprint density at radius 1 is 1.21 bits per heavy atom. The molecule has 6 heteroatoms. The maximum atomic E-state index is 5.28. The number of hydrogen-bond donors (Lipinski definition) is 1. The van der Waals surface area contributed by atoms with E-state index < -0.39 is 0 Å². The molecule has 19 heavy (non-hydrogen) atoms. The number of halogens is 1. The van der Waals surface area contributed by atoms with E-state index in [4.69, 9.17) is 14.0 Å². The molecule has 0 amide bonds. The van der Waals surface area contributed by atoms with Gasteiger partial charge in [-0.2, -0.15) is 0 Å². The van der Waals surface area contributed by atoms with Gasteiger partial charge in [0.05, 0.1) is 27.0 Å². The van der Waals surface area contributed by atoms with Gasteiger partial charge in [-0.25, -0.2) is 0 Å². The SMILES string of the molecule is COc1cc(Br)c(CNCc2ccno2)cc1OC. The summed E-state index contributed by atoms with van der Waals surface area (Å²) in [4.78, 5) is 0. The fourth-order valence-electron chi connectivity index (χ4n) is 1.69. The number of hydrogen-bond acceptors (Lipinski definition) is 5. The molecule has 5 nitrogen and oxygen atoms in total. The molecule has 0 saturated carbocycles. The predicted octanol–water partition coefficient (Wildman–Crippen LogP) is 2.74. The molecule has 0 radical (unpaired) electrons. The normalized spacial score (nSPS) is 10.5. The van der Waals surface area contributed by atoms with E-state index in [0.29, 0.717) is 24.6 Å². The van der Waals surface area contributed by atoms with Crippen LogP contribution in [-0.4, -0.2) is 19.4 Å². The van der Waals surface area contributed by atoms with Crippen LogP contribution in [0.1, 0.15) is 11.3 Å². The number of ether oxygens (including phenoxy) is 2. The molecule has 0 aliphatic heterocycles. The maximum Gasteiger partial charge on any atom is 0.161 e. The van der Waals surface area contributed by atoms with Crippen LogP contribution >= 0.6 is 15.9 Å². The molecule has 0 saturated heterocycles. The lowest BCUT2D eigenvalue weighted by Crippen LogP contribution is -2.12. The maximum absolute atomic E-state index is 5.28.